The summed E-state index contributed by atoms with van der Waals surface area (Å²) < 4.78 is 0. The van der Waals surface area contributed by atoms with Crippen LogP contribution in [0.4, 0.5) is 0 Å². The molecule has 0 heterocycles. The number of rotatable bonds is 2. The first-order chi connectivity index (χ1) is 6.39. The molecule has 1 rings (SSSR count). The summed E-state index contributed by atoms with van der Waals surface area (Å²) in [5, 5.41) is 0. The van der Waals surface area contributed by atoms with E-state index in [1.54, 1.807) is 0 Å². The Morgan fingerprint density at radius 1 is 1.20 bits per heavy atom. The maximum absolute atomic E-state index is 3.33. The first-order valence-corrected chi connectivity index (χ1v) is 5.05. The molecular weight excluding hydrogens is 266 g/mol. The summed E-state index contributed by atoms with van der Waals surface area (Å²) in [4.78, 5) is 2.16. The van der Waals surface area contributed by atoms with Gasteiger partial charge in [0.15, 0.2) is 0 Å². The third kappa shape index (κ3) is 4.95. The Labute approximate surface area is 108 Å². The molecule has 0 aliphatic heterocycles. The van der Waals surface area contributed by atoms with Crippen LogP contribution in [0, 0.1) is 6.07 Å². The molecule has 0 unspecified atom stereocenters. The summed E-state index contributed by atoms with van der Waals surface area (Å²) in [5.74, 6) is 0. The van der Waals surface area contributed by atoms with Crippen molar-refractivity contribution in [3.05, 3.63) is 35.4 Å². The van der Waals surface area contributed by atoms with Crippen LogP contribution >= 0.6 is 0 Å². The number of hydrogen-bond acceptors (Lipinski definition) is 1. The van der Waals surface area contributed by atoms with Crippen molar-refractivity contribution in [3.63, 3.8) is 0 Å². The molecule has 1 aromatic rings. The van der Waals surface area contributed by atoms with Gasteiger partial charge in [0.25, 0.3) is 0 Å². The van der Waals surface area contributed by atoms with Crippen molar-refractivity contribution in [1.82, 2.24) is 4.90 Å². The number of benzene rings is 1. The van der Waals surface area contributed by atoms with E-state index in [-0.39, 0.29) is 26.5 Å². The number of nitrogens with zero attached hydrogens (tertiary/aromatic N) is 1. The Kier molecular flexibility index (Phi) is 5.77. The second kappa shape index (κ2) is 5.82. The summed E-state index contributed by atoms with van der Waals surface area (Å²) >= 11 is 0. The van der Waals surface area contributed by atoms with Gasteiger partial charge in [-0.25, -0.2) is 0 Å². The van der Waals surface area contributed by atoms with Crippen molar-refractivity contribution in [2.24, 2.45) is 0 Å². The molecule has 2 heteroatoms. The first-order valence-electron chi connectivity index (χ1n) is 5.05. The SMILES string of the molecule is CN(C)Cc1[c-]cc(C(C)(C)C)cc1.[Mo+2]. The predicted octanol–water partition coefficient (Wildman–Crippen LogP) is 2.84. The molecule has 0 aromatic heterocycles. The van der Waals surface area contributed by atoms with Crippen LogP contribution in [0.5, 0.6) is 0 Å². The van der Waals surface area contributed by atoms with Crippen LogP contribution in [-0.4, -0.2) is 19.0 Å². The molecule has 0 fully saturated rings. The van der Waals surface area contributed by atoms with E-state index >= 15 is 0 Å². The smallest absolute Gasteiger partial charge is 0.307 e. The molecular formula is C13H20MoN+. The van der Waals surface area contributed by atoms with E-state index in [1.165, 1.54) is 11.1 Å². The van der Waals surface area contributed by atoms with Crippen LogP contribution in [0.1, 0.15) is 31.9 Å². The quantitative estimate of drug-likeness (QED) is 0.597. The molecule has 0 saturated carbocycles. The fourth-order valence-corrected chi connectivity index (χ4v) is 1.36. The molecule has 0 N–H and O–H groups in total. The third-order valence-electron chi connectivity index (χ3n) is 2.23. The second-order valence-corrected chi connectivity index (χ2v) is 5.09. The largest absolute Gasteiger partial charge is 2.00 e. The molecule has 0 spiro atoms. The summed E-state index contributed by atoms with van der Waals surface area (Å²) in [6, 6.07) is 9.81. The average molecular weight is 286 g/mol. The average Bonchev–Trinajstić information content (AvgIpc) is 2.02. The zero-order chi connectivity index (χ0) is 10.8. The summed E-state index contributed by atoms with van der Waals surface area (Å²) in [5.41, 5.74) is 2.83. The molecule has 0 aliphatic carbocycles. The van der Waals surface area contributed by atoms with Gasteiger partial charge in [-0.15, -0.1) is 5.56 Å². The topological polar surface area (TPSA) is 3.24 Å². The van der Waals surface area contributed by atoms with Crippen molar-refractivity contribution in [3.8, 4) is 0 Å². The van der Waals surface area contributed by atoms with Crippen LogP contribution in [0.3, 0.4) is 0 Å². The summed E-state index contributed by atoms with van der Waals surface area (Å²) in [7, 11) is 4.15. The van der Waals surface area contributed by atoms with Gasteiger partial charge in [0.05, 0.1) is 0 Å². The monoisotopic (exact) mass is 288 g/mol. The number of hydrogen-bond donors (Lipinski definition) is 0. The molecule has 15 heavy (non-hydrogen) atoms. The van der Waals surface area contributed by atoms with Crippen LogP contribution in [-0.2, 0) is 33.0 Å². The Bertz CT molecular complexity index is 282. The van der Waals surface area contributed by atoms with Crippen LogP contribution in [0.15, 0.2) is 18.2 Å². The second-order valence-electron chi connectivity index (χ2n) is 5.09. The minimum atomic E-state index is 0. The van der Waals surface area contributed by atoms with E-state index in [0.717, 1.165) is 6.54 Å². The van der Waals surface area contributed by atoms with Gasteiger partial charge in [0.1, 0.15) is 0 Å². The summed E-state index contributed by atoms with van der Waals surface area (Å²) in [6.45, 7) is 7.63. The molecule has 82 valence electrons. The van der Waals surface area contributed by atoms with Crippen molar-refractivity contribution >= 4 is 0 Å². The molecule has 1 aromatic carbocycles. The molecule has 0 bridgehead atoms. The fraction of sp³-hybridized carbons (Fsp3) is 0.538. The van der Waals surface area contributed by atoms with Crippen LogP contribution in [0.25, 0.3) is 0 Å². The molecule has 0 atom stereocenters. The van der Waals surface area contributed by atoms with E-state index in [2.05, 4.69) is 64.0 Å². The van der Waals surface area contributed by atoms with Crippen molar-refractivity contribution in [2.45, 2.75) is 32.7 Å². The van der Waals surface area contributed by atoms with Gasteiger partial charge < -0.3 is 4.90 Å². The van der Waals surface area contributed by atoms with E-state index in [1.807, 2.05) is 0 Å². The van der Waals surface area contributed by atoms with Gasteiger partial charge in [-0.1, -0.05) is 26.2 Å². The normalized spacial score (nSPS) is 11.3. The summed E-state index contributed by atoms with van der Waals surface area (Å²) in [6.07, 6.45) is 0. The zero-order valence-corrected chi connectivity index (χ0v) is 12.3. The van der Waals surface area contributed by atoms with Gasteiger partial charge in [-0.05, 0) is 14.1 Å². The van der Waals surface area contributed by atoms with Gasteiger partial charge in [-0.2, -0.15) is 29.8 Å². The Morgan fingerprint density at radius 2 is 1.80 bits per heavy atom. The fourth-order valence-electron chi connectivity index (χ4n) is 1.36. The van der Waals surface area contributed by atoms with Crippen molar-refractivity contribution in [2.75, 3.05) is 14.1 Å². The van der Waals surface area contributed by atoms with Crippen molar-refractivity contribution in [1.29, 1.82) is 0 Å². The van der Waals surface area contributed by atoms with Crippen LogP contribution < -0.4 is 0 Å². The molecule has 0 radical (unpaired) electrons. The molecule has 0 aliphatic rings. The van der Waals surface area contributed by atoms with Gasteiger partial charge in [0.2, 0.25) is 0 Å². The standard InChI is InChI=1S/C13H20N.Mo/c1-13(2,3)12-8-6-11(7-9-12)10-14(4)5;/h6,8-9H,10H2,1-5H3;/q-1;+2. The molecule has 1 nitrogen and oxygen atoms in total. The Balaban J connectivity index is 0.00000196. The predicted molar refractivity (Wildman–Crippen MR) is 61.4 cm³/mol. The van der Waals surface area contributed by atoms with Gasteiger partial charge >= 0.3 is 21.1 Å². The maximum atomic E-state index is 3.33. The Morgan fingerprint density at radius 3 is 2.13 bits per heavy atom. The minimum absolute atomic E-state index is 0. The van der Waals surface area contributed by atoms with Crippen LogP contribution in [0.2, 0.25) is 0 Å². The third-order valence-corrected chi connectivity index (χ3v) is 2.23. The maximum Gasteiger partial charge on any atom is 2.00 e. The van der Waals surface area contributed by atoms with Crippen molar-refractivity contribution < 1.29 is 21.1 Å². The Hall–Kier alpha value is -0.132. The van der Waals surface area contributed by atoms with E-state index in [9.17, 15) is 0 Å². The first kappa shape index (κ1) is 14.9. The van der Waals surface area contributed by atoms with Gasteiger partial charge in [0, 0.05) is 6.54 Å². The molecule has 0 amide bonds. The minimum Gasteiger partial charge on any atom is -0.307 e. The van der Waals surface area contributed by atoms with E-state index in [0.29, 0.717) is 0 Å². The van der Waals surface area contributed by atoms with Gasteiger partial charge in [-0.3, -0.25) is 0 Å². The van der Waals surface area contributed by atoms with E-state index < -0.39 is 0 Å². The zero-order valence-electron chi connectivity index (χ0n) is 10.3. The molecule has 0 saturated heterocycles. The van der Waals surface area contributed by atoms with E-state index in [4.69, 9.17) is 0 Å².